The SMILES string of the molecule is I[I-]I.I[I-]I.O=C(c1ccc(F)c(F)c1F)N1CC(O)([C@@H]2CCCCN2)C1.O=C(c1ccc(F)c(F)c1F)N1CC(O)([C@@H]2CCCCN2[C@H](CO)c2ccccc2)C1. The molecule has 3 atom stereocenters. The van der Waals surface area contributed by atoms with Crippen molar-refractivity contribution < 1.29 is 77.8 Å². The van der Waals surface area contributed by atoms with Crippen LogP contribution in [-0.4, -0.2) is 111 Å². The largest absolute Gasteiger partial charge is 0.394 e. The smallest absolute Gasteiger partial charge is 0.257 e. The van der Waals surface area contributed by atoms with Crippen molar-refractivity contribution in [2.45, 2.75) is 67.9 Å². The van der Waals surface area contributed by atoms with Crippen LogP contribution in [0.1, 0.15) is 70.8 Å². The zero-order chi connectivity index (χ0) is 43.5. The number of β-amino-alcohol motifs (C(OH)–C–C–N with tert-alkyl or cyclic N) is 2. The second-order valence-electron chi connectivity index (χ2n) is 14.4. The summed E-state index contributed by atoms with van der Waals surface area (Å²) in [6, 6.07) is 12.1. The van der Waals surface area contributed by atoms with E-state index in [9.17, 15) is 51.3 Å². The van der Waals surface area contributed by atoms with Gasteiger partial charge in [0.1, 0.15) is 11.2 Å². The number of aliphatic hydroxyl groups is 3. The van der Waals surface area contributed by atoms with Gasteiger partial charge < -0.3 is 30.4 Å². The number of rotatable bonds is 7. The topological polar surface area (TPSA) is 117 Å². The fraction of sp³-hybridized carbons (Fsp3) is 0.474. The average molecular weight is 1510 g/mol. The summed E-state index contributed by atoms with van der Waals surface area (Å²) in [6.07, 6.45) is 5.40. The first-order valence-corrected chi connectivity index (χ1v) is 43.4. The molecule has 0 radical (unpaired) electrons. The Kier molecular flexibility index (Phi) is 21.7. The zero-order valence-corrected chi connectivity index (χ0v) is 44.1. The molecule has 4 saturated heterocycles. The second kappa shape index (κ2) is 24.6. The van der Waals surface area contributed by atoms with Gasteiger partial charge in [0, 0.05) is 12.1 Å². The van der Waals surface area contributed by atoms with Crippen LogP contribution in [-0.2, 0) is 0 Å². The molecular weight excluding hydrogens is 1470 g/mol. The Morgan fingerprint density at radius 2 is 1.17 bits per heavy atom. The number of aliphatic hydroxyl groups excluding tert-OH is 1. The average Bonchev–Trinajstić information content (AvgIpc) is 3.21. The number of benzene rings is 3. The van der Waals surface area contributed by atoms with E-state index in [4.69, 9.17) is 0 Å². The Morgan fingerprint density at radius 1 is 0.695 bits per heavy atom. The van der Waals surface area contributed by atoms with Crippen molar-refractivity contribution in [3.05, 3.63) is 106 Å². The molecule has 330 valence electrons. The summed E-state index contributed by atoms with van der Waals surface area (Å²) in [4.78, 5) is 29.3. The van der Waals surface area contributed by atoms with Crippen LogP contribution in [0.4, 0.5) is 26.3 Å². The Morgan fingerprint density at radius 3 is 1.63 bits per heavy atom. The molecule has 0 aliphatic carbocycles. The normalized spacial score (nSPS) is 21.3. The number of hydrogen-bond acceptors (Lipinski definition) is 7. The van der Waals surface area contributed by atoms with Crippen LogP contribution in [0, 0.1) is 34.9 Å². The first-order chi connectivity index (χ1) is 28.1. The molecular formula is C38H42F6I6N4O5-2. The molecule has 0 saturated carbocycles. The van der Waals surface area contributed by atoms with Crippen LogP contribution >= 0.6 is 74.5 Å². The second-order valence-corrected chi connectivity index (χ2v) is 46.9. The molecule has 0 unspecified atom stereocenters. The van der Waals surface area contributed by atoms with E-state index in [1.807, 2.05) is 30.3 Å². The molecule has 4 heterocycles. The van der Waals surface area contributed by atoms with Crippen molar-refractivity contribution in [1.29, 1.82) is 0 Å². The summed E-state index contributed by atoms with van der Waals surface area (Å²) in [7, 11) is 0. The molecule has 7 rings (SSSR count). The summed E-state index contributed by atoms with van der Waals surface area (Å²) in [6.45, 7) is 1.43. The Bertz CT molecular complexity index is 1860. The third kappa shape index (κ3) is 13.0. The molecule has 4 N–H and O–H groups in total. The third-order valence-electron chi connectivity index (χ3n) is 10.8. The summed E-state index contributed by atoms with van der Waals surface area (Å²) in [5, 5.41) is 35.1. The van der Waals surface area contributed by atoms with Crippen LogP contribution < -0.4 is 31.8 Å². The quantitative estimate of drug-likeness (QED) is 0.163. The van der Waals surface area contributed by atoms with Crippen LogP contribution in [0.5, 0.6) is 0 Å². The van der Waals surface area contributed by atoms with Crippen LogP contribution in [0.3, 0.4) is 0 Å². The van der Waals surface area contributed by atoms with Gasteiger partial charge in [-0.1, -0.05) is 43.2 Å². The Hall–Kier alpha value is 0.360. The zero-order valence-electron chi connectivity index (χ0n) is 31.2. The molecule has 0 aromatic heterocycles. The molecule has 4 fully saturated rings. The van der Waals surface area contributed by atoms with Gasteiger partial charge in [0.25, 0.3) is 11.8 Å². The maximum atomic E-state index is 14.0. The standard InChI is InChI=1S/C23H25F3N2O3.C15H17F3N2O2.2I3/c24-17-10-9-16(20(25)21(17)26)22(30)27-13-23(31,14-27)19-8-4-5-11-28(19)18(12-29)15-6-2-1-3-7-15;16-10-5-4-9(12(17)13(10)18)14(21)20-7-15(22,8-20)11-3-1-2-6-19-11;2*1-3-2/h1-3,6-7,9-10,18-19,29,31H,4-5,8,11-14H2;4-5,11,19,22H,1-3,6-8H2;;/q;;2*-1/t18-,19+;11-;;/m10../s1. The maximum absolute atomic E-state index is 14.0. The summed E-state index contributed by atoms with van der Waals surface area (Å²) in [5.74, 6) is -10.6. The van der Waals surface area contributed by atoms with E-state index in [1.165, 1.54) is 9.80 Å². The number of nitrogens with zero attached hydrogens (tertiary/aromatic N) is 3. The summed E-state index contributed by atoms with van der Waals surface area (Å²) >= 11 is 10.6. The van der Waals surface area contributed by atoms with E-state index < -0.39 is 69.0 Å². The predicted octanol–water partition coefficient (Wildman–Crippen LogP) is 1.86. The van der Waals surface area contributed by atoms with Gasteiger partial charge in [-0.25, -0.2) is 26.3 Å². The van der Waals surface area contributed by atoms with E-state index in [2.05, 4.69) is 84.7 Å². The molecule has 4 aliphatic rings. The van der Waals surface area contributed by atoms with Gasteiger partial charge in [0.15, 0.2) is 34.9 Å². The monoisotopic (exact) mass is 1510 g/mol. The molecule has 0 bridgehead atoms. The van der Waals surface area contributed by atoms with Crippen molar-refractivity contribution >= 4 is 86.3 Å². The van der Waals surface area contributed by atoms with Crippen LogP contribution in [0.15, 0.2) is 54.6 Å². The molecule has 3 aromatic rings. The van der Waals surface area contributed by atoms with Crippen molar-refractivity contribution in [3.63, 3.8) is 0 Å². The van der Waals surface area contributed by atoms with E-state index in [0.29, 0.717) is 45.5 Å². The molecule has 59 heavy (non-hydrogen) atoms. The van der Waals surface area contributed by atoms with Gasteiger partial charge in [-0.15, -0.1) is 0 Å². The van der Waals surface area contributed by atoms with Crippen molar-refractivity contribution in [1.82, 2.24) is 20.0 Å². The number of amides is 2. The molecule has 3 aromatic carbocycles. The van der Waals surface area contributed by atoms with Crippen LogP contribution in [0.2, 0.25) is 0 Å². The fourth-order valence-corrected chi connectivity index (χ4v) is 7.96. The first-order valence-electron chi connectivity index (χ1n) is 18.3. The summed E-state index contributed by atoms with van der Waals surface area (Å²) < 4.78 is 80.5. The van der Waals surface area contributed by atoms with Crippen LogP contribution in [0.25, 0.3) is 0 Å². The predicted molar refractivity (Wildman–Crippen MR) is 237 cm³/mol. The number of likely N-dealkylation sites (tertiary alicyclic amines) is 3. The van der Waals surface area contributed by atoms with Gasteiger partial charge in [0.2, 0.25) is 0 Å². The molecule has 4 aliphatic heterocycles. The molecule has 21 heteroatoms. The van der Waals surface area contributed by atoms with Gasteiger partial charge in [-0.2, -0.15) is 0 Å². The molecule has 9 nitrogen and oxygen atoms in total. The number of carbonyl (C=O) groups excluding carboxylic acids is 2. The molecule has 2 amide bonds. The third-order valence-corrected chi connectivity index (χ3v) is 10.8. The van der Waals surface area contributed by atoms with Crippen molar-refractivity contribution in [2.24, 2.45) is 0 Å². The number of carbonyl (C=O) groups is 2. The minimum atomic E-state index is -1.69. The number of halogens is 12. The van der Waals surface area contributed by atoms with Crippen molar-refractivity contribution in [3.8, 4) is 0 Å². The number of nitrogens with one attached hydrogen (secondary N) is 1. The maximum Gasteiger partial charge on any atom is 0.257 e. The van der Waals surface area contributed by atoms with Gasteiger partial charge in [-0.3, -0.25) is 14.5 Å². The first kappa shape index (κ1) is 52.0. The van der Waals surface area contributed by atoms with E-state index >= 15 is 0 Å². The van der Waals surface area contributed by atoms with Gasteiger partial charge >= 0.3 is 101 Å². The van der Waals surface area contributed by atoms with Gasteiger partial charge in [-0.05, 0) is 68.6 Å². The minimum absolute atomic E-state index is 0.0433. The Balaban J connectivity index is 0.000000240. The van der Waals surface area contributed by atoms with E-state index in [-0.39, 0.29) is 50.9 Å². The molecule has 0 spiro atoms. The minimum Gasteiger partial charge on any atom is -0.394 e. The Labute approximate surface area is 398 Å². The van der Waals surface area contributed by atoms with Crippen molar-refractivity contribution in [2.75, 3.05) is 45.9 Å². The van der Waals surface area contributed by atoms with E-state index in [0.717, 1.165) is 62.4 Å². The number of piperidine rings is 2. The van der Waals surface area contributed by atoms with E-state index in [1.54, 1.807) is 0 Å². The summed E-state index contributed by atoms with van der Waals surface area (Å²) in [5.41, 5.74) is -2.40. The fourth-order valence-electron chi connectivity index (χ4n) is 7.96. The van der Waals surface area contributed by atoms with Gasteiger partial charge in [0.05, 0.1) is 50.0 Å². The number of hydrogen-bond donors (Lipinski definition) is 4.